The fourth-order valence-corrected chi connectivity index (χ4v) is 5.67. The lowest BCUT2D eigenvalue weighted by Gasteiger charge is -2.41. The summed E-state index contributed by atoms with van der Waals surface area (Å²) < 4.78 is 4.11. The van der Waals surface area contributed by atoms with Crippen molar-refractivity contribution in [2.75, 3.05) is 18.0 Å². The molecule has 0 amide bonds. The van der Waals surface area contributed by atoms with E-state index in [1.807, 2.05) is 42.6 Å². The Morgan fingerprint density at radius 3 is 2.74 bits per heavy atom. The van der Waals surface area contributed by atoms with Gasteiger partial charge in [0, 0.05) is 43.2 Å². The standard InChI is InChI=1S/C22H24N8S/c1-28-14-26-16-3-2-15(10-18(16)28)31-20-12-24-19(11-25-20)29-8-5-22(6-9-29)13-30-17(21(22)23)4-7-27-30/h2-4,7,10-12,14,21H,5-6,8-9,13,23H2,1H3/t21-/m1/s1. The van der Waals surface area contributed by atoms with Gasteiger partial charge in [-0.25, -0.2) is 15.0 Å². The summed E-state index contributed by atoms with van der Waals surface area (Å²) in [5.41, 5.74) is 10.0. The molecule has 158 valence electrons. The summed E-state index contributed by atoms with van der Waals surface area (Å²) in [5.74, 6) is 0.936. The van der Waals surface area contributed by atoms with Crippen molar-refractivity contribution in [3.05, 3.63) is 54.9 Å². The Morgan fingerprint density at radius 2 is 1.97 bits per heavy atom. The van der Waals surface area contributed by atoms with E-state index in [-0.39, 0.29) is 11.5 Å². The zero-order valence-corrected chi connectivity index (χ0v) is 18.2. The van der Waals surface area contributed by atoms with Crippen LogP contribution in [0.25, 0.3) is 11.0 Å². The minimum absolute atomic E-state index is 0.0683. The molecule has 1 atom stereocenters. The number of hydrogen-bond donors (Lipinski definition) is 1. The zero-order chi connectivity index (χ0) is 21.0. The van der Waals surface area contributed by atoms with Crippen LogP contribution in [0.4, 0.5) is 5.82 Å². The summed E-state index contributed by atoms with van der Waals surface area (Å²) in [6, 6.07) is 8.39. The molecular formula is C22H24N8S. The Hall–Kier alpha value is -2.91. The molecule has 0 radical (unpaired) electrons. The fraction of sp³-hybridized carbons (Fsp3) is 0.364. The molecule has 0 saturated carbocycles. The maximum Gasteiger partial charge on any atom is 0.147 e. The minimum Gasteiger partial charge on any atom is -0.355 e. The fourth-order valence-electron chi connectivity index (χ4n) is 4.92. The van der Waals surface area contributed by atoms with Crippen LogP contribution in [0.5, 0.6) is 0 Å². The summed E-state index contributed by atoms with van der Waals surface area (Å²) in [4.78, 5) is 17.2. The molecule has 2 aliphatic heterocycles. The highest BCUT2D eigenvalue weighted by Gasteiger charge is 2.46. The summed E-state index contributed by atoms with van der Waals surface area (Å²) in [7, 11) is 2.01. The van der Waals surface area contributed by atoms with Crippen LogP contribution in [-0.4, -0.2) is 42.4 Å². The quantitative estimate of drug-likeness (QED) is 0.532. The van der Waals surface area contributed by atoms with Crippen molar-refractivity contribution < 1.29 is 0 Å². The number of benzene rings is 1. The maximum atomic E-state index is 6.60. The summed E-state index contributed by atoms with van der Waals surface area (Å²) in [6.45, 7) is 2.81. The average Bonchev–Trinajstić information content (AvgIpc) is 3.46. The van der Waals surface area contributed by atoms with Gasteiger partial charge in [-0.2, -0.15) is 5.10 Å². The number of hydrogen-bond acceptors (Lipinski definition) is 7. The van der Waals surface area contributed by atoms with Gasteiger partial charge in [-0.15, -0.1) is 0 Å². The number of fused-ring (bicyclic) bond motifs is 2. The molecule has 0 unspecified atom stereocenters. The van der Waals surface area contributed by atoms with Gasteiger partial charge < -0.3 is 15.2 Å². The molecule has 9 heteroatoms. The number of imidazole rings is 1. The van der Waals surface area contributed by atoms with Crippen LogP contribution in [0.3, 0.4) is 0 Å². The predicted octanol–water partition coefficient (Wildman–Crippen LogP) is 3.01. The maximum absolute atomic E-state index is 6.60. The largest absolute Gasteiger partial charge is 0.355 e. The van der Waals surface area contributed by atoms with Crippen LogP contribution in [0.1, 0.15) is 24.6 Å². The first-order chi connectivity index (χ1) is 15.1. The van der Waals surface area contributed by atoms with Crippen molar-refractivity contribution in [3.63, 3.8) is 0 Å². The highest BCUT2D eigenvalue weighted by Crippen LogP contribution is 2.47. The van der Waals surface area contributed by atoms with Gasteiger partial charge >= 0.3 is 0 Å². The molecule has 0 bridgehead atoms. The monoisotopic (exact) mass is 432 g/mol. The van der Waals surface area contributed by atoms with Gasteiger partial charge in [0.2, 0.25) is 0 Å². The molecule has 0 aliphatic carbocycles. The number of nitrogens with zero attached hydrogens (tertiary/aromatic N) is 7. The minimum atomic E-state index is 0.0683. The average molecular weight is 433 g/mol. The predicted molar refractivity (Wildman–Crippen MR) is 120 cm³/mol. The van der Waals surface area contributed by atoms with Crippen LogP contribution in [0, 0.1) is 5.41 Å². The van der Waals surface area contributed by atoms with E-state index in [0.717, 1.165) is 59.2 Å². The molecule has 1 fully saturated rings. The Morgan fingerprint density at radius 1 is 1.10 bits per heavy atom. The van der Waals surface area contributed by atoms with Crippen molar-refractivity contribution in [2.45, 2.75) is 35.3 Å². The van der Waals surface area contributed by atoms with Crippen molar-refractivity contribution in [2.24, 2.45) is 18.2 Å². The first-order valence-electron chi connectivity index (χ1n) is 10.5. The SMILES string of the molecule is Cn1cnc2ccc(Sc3cnc(N4CCC5(CC4)Cn4nccc4[C@H]5N)cn3)cc21. The third-order valence-corrected chi connectivity index (χ3v) is 7.72. The van der Waals surface area contributed by atoms with Crippen molar-refractivity contribution in [1.82, 2.24) is 29.3 Å². The molecule has 2 N–H and O–H groups in total. The molecule has 4 aromatic rings. The van der Waals surface area contributed by atoms with E-state index in [1.165, 1.54) is 5.69 Å². The highest BCUT2D eigenvalue weighted by atomic mass is 32.2. The number of piperidine rings is 1. The molecule has 8 nitrogen and oxygen atoms in total. The van der Waals surface area contributed by atoms with E-state index < -0.39 is 0 Å². The van der Waals surface area contributed by atoms with E-state index >= 15 is 0 Å². The topological polar surface area (TPSA) is 90.7 Å². The normalized spacial score (nSPS) is 19.9. The second kappa shape index (κ2) is 7.06. The highest BCUT2D eigenvalue weighted by molar-refractivity contribution is 7.99. The smallest absolute Gasteiger partial charge is 0.147 e. The van der Waals surface area contributed by atoms with E-state index in [2.05, 4.69) is 42.8 Å². The molecule has 6 rings (SSSR count). The second-order valence-electron chi connectivity index (χ2n) is 8.56. The molecular weight excluding hydrogens is 408 g/mol. The van der Waals surface area contributed by atoms with Gasteiger partial charge in [-0.1, -0.05) is 11.8 Å². The third-order valence-electron chi connectivity index (χ3n) is 6.81. The van der Waals surface area contributed by atoms with Crippen LogP contribution < -0.4 is 10.6 Å². The molecule has 5 heterocycles. The molecule has 1 saturated heterocycles. The third kappa shape index (κ3) is 3.11. The van der Waals surface area contributed by atoms with Gasteiger partial charge in [0.25, 0.3) is 0 Å². The first kappa shape index (κ1) is 18.8. The Bertz CT molecular complexity index is 1240. The van der Waals surface area contributed by atoms with E-state index in [9.17, 15) is 0 Å². The lowest BCUT2D eigenvalue weighted by molar-refractivity contribution is 0.170. The number of nitrogens with two attached hydrogens (primary N) is 1. The Kier molecular flexibility index (Phi) is 4.29. The van der Waals surface area contributed by atoms with Crippen molar-refractivity contribution >= 4 is 28.6 Å². The van der Waals surface area contributed by atoms with Crippen LogP contribution in [0.2, 0.25) is 0 Å². The van der Waals surface area contributed by atoms with E-state index in [1.54, 1.807) is 11.8 Å². The van der Waals surface area contributed by atoms with E-state index in [4.69, 9.17) is 10.7 Å². The van der Waals surface area contributed by atoms with Crippen LogP contribution >= 0.6 is 11.8 Å². The lowest BCUT2D eigenvalue weighted by atomic mass is 9.73. The molecule has 1 spiro atoms. The van der Waals surface area contributed by atoms with Gasteiger partial charge in [0.1, 0.15) is 10.8 Å². The first-order valence-corrected chi connectivity index (χ1v) is 11.4. The number of aryl methyl sites for hydroxylation is 1. The molecule has 31 heavy (non-hydrogen) atoms. The van der Waals surface area contributed by atoms with Gasteiger partial charge in [0.15, 0.2) is 0 Å². The molecule has 1 aromatic carbocycles. The van der Waals surface area contributed by atoms with Gasteiger partial charge in [0.05, 0.1) is 41.5 Å². The summed E-state index contributed by atoms with van der Waals surface area (Å²) in [5, 5.41) is 5.32. The number of aromatic nitrogens is 6. The van der Waals surface area contributed by atoms with Gasteiger partial charge in [-0.3, -0.25) is 4.68 Å². The van der Waals surface area contributed by atoms with E-state index in [0.29, 0.717) is 0 Å². The number of anilines is 1. The summed E-state index contributed by atoms with van der Waals surface area (Å²) >= 11 is 1.62. The Labute approximate surface area is 184 Å². The molecule has 3 aromatic heterocycles. The summed E-state index contributed by atoms with van der Waals surface area (Å²) in [6.07, 6.45) is 9.53. The van der Waals surface area contributed by atoms with Crippen LogP contribution in [0.15, 0.2) is 59.1 Å². The van der Waals surface area contributed by atoms with Crippen molar-refractivity contribution in [3.8, 4) is 0 Å². The molecule has 2 aliphatic rings. The Balaban J connectivity index is 1.13. The van der Waals surface area contributed by atoms with Crippen LogP contribution in [-0.2, 0) is 13.6 Å². The number of rotatable bonds is 3. The van der Waals surface area contributed by atoms with Gasteiger partial charge in [-0.05, 0) is 37.1 Å². The zero-order valence-electron chi connectivity index (χ0n) is 17.3. The lowest BCUT2D eigenvalue weighted by Crippen LogP contribution is -2.45. The van der Waals surface area contributed by atoms with Crippen molar-refractivity contribution in [1.29, 1.82) is 0 Å². The second-order valence-corrected chi connectivity index (χ2v) is 9.66.